The number of hydrogen-bond acceptors (Lipinski definition) is 5. The van der Waals surface area contributed by atoms with E-state index >= 15 is 0 Å². The minimum absolute atomic E-state index is 0.271. The van der Waals surface area contributed by atoms with Crippen LogP contribution in [0.5, 0.6) is 0 Å². The number of benzene rings is 2. The predicted molar refractivity (Wildman–Crippen MR) is 74.6 cm³/mol. The van der Waals surface area contributed by atoms with Crippen LogP contribution in [0.15, 0.2) is 60.7 Å². The second-order valence-electron chi connectivity index (χ2n) is 3.89. The summed E-state index contributed by atoms with van der Waals surface area (Å²) in [7, 11) is -2.17. The average Bonchev–Trinajstić information content (AvgIpc) is 2.47. The zero-order valence-corrected chi connectivity index (χ0v) is 10.6. The second-order valence-corrected chi connectivity index (χ2v) is 3.89. The Bertz CT molecular complexity index is 513. The molecule has 0 fully saturated rings. The largest absolute Gasteiger partial charge is 0.631 e. The van der Waals surface area contributed by atoms with Gasteiger partial charge in [0.05, 0.1) is 0 Å². The summed E-state index contributed by atoms with van der Waals surface area (Å²) in [6.45, 7) is 0. The van der Waals surface area contributed by atoms with Crippen molar-refractivity contribution in [3.8, 4) is 0 Å². The number of Topliss-reactive ketones (excluding diaryl/α,β-unsaturated/α-hetero) is 1. The molecule has 2 aromatic rings. The van der Waals surface area contributed by atoms with Crippen LogP contribution in [0.2, 0.25) is 0 Å². The number of carbonyl (C=O) groups is 1. The fourth-order valence-corrected chi connectivity index (χ4v) is 1.55. The van der Waals surface area contributed by atoms with E-state index in [4.69, 9.17) is 15.1 Å². The minimum Gasteiger partial charge on any atom is -0.402 e. The Balaban J connectivity index is 0.000000444. The molecule has 2 aromatic carbocycles. The fraction of sp³-hybridized carbons (Fsp3) is 0.0714. The lowest BCUT2D eigenvalue weighted by atomic mass is 10.0. The molecule has 1 atom stereocenters. The van der Waals surface area contributed by atoms with Crippen LogP contribution in [0.4, 0.5) is 0 Å². The molecule has 0 saturated carbocycles. The van der Waals surface area contributed by atoms with Gasteiger partial charge in [-0.2, -0.15) is 0 Å². The smallest absolute Gasteiger partial charge is 0.402 e. The Hall–Kier alpha value is -1.99. The highest BCUT2D eigenvalue weighted by Crippen LogP contribution is 2.17. The molecule has 2 rings (SSSR count). The van der Waals surface area contributed by atoms with E-state index in [0.717, 1.165) is 0 Å². The first-order chi connectivity index (χ1) is 9.52. The Morgan fingerprint density at radius 1 is 0.850 bits per heavy atom. The molecule has 0 saturated heterocycles. The Labute approximate surface area is 116 Å². The molecule has 104 valence electrons. The molecule has 0 radical (unpaired) electrons. The molecule has 6 heteroatoms. The monoisotopic (exact) mass is 274 g/mol. The maximum absolute atomic E-state index is 11.9. The number of rotatable bonds is 3. The van der Waals surface area contributed by atoms with E-state index in [1.54, 1.807) is 48.5 Å². The Morgan fingerprint density at radius 2 is 1.25 bits per heavy atom. The van der Waals surface area contributed by atoms with Gasteiger partial charge < -0.3 is 20.2 Å². The van der Waals surface area contributed by atoms with Crippen molar-refractivity contribution in [1.82, 2.24) is 0 Å². The van der Waals surface area contributed by atoms with Crippen molar-refractivity contribution in [3.05, 3.63) is 71.8 Å². The van der Waals surface area contributed by atoms with Gasteiger partial charge in [0, 0.05) is 5.56 Å². The molecule has 0 aliphatic carbocycles. The lowest BCUT2D eigenvalue weighted by Gasteiger charge is -2.09. The van der Waals surface area contributed by atoms with E-state index < -0.39 is 13.4 Å². The molecular weight excluding hydrogens is 259 g/mol. The molecule has 20 heavy (non-hydrogen) atoms. The first-order valence-corrected chi connectivity index (χ1v) is 5.89. The first-order valence-electron chi connectivity index (χ1n) is 5.89. The SMILES string of the molecule is O=C(c1ccccc1)C(O)c1ccccc1.OB(O)O. The van der Waals surface area contributed by atoms with E-state index in [1.165, 1.54) is 0 Å². The number of aliphatic hydroxyl groups is 1. The van der Waals surface area contributed by atoms with Gasteiger partial charge in [0.1, 0.15) is 6.10 Å². The molecule has 0 spiro atoms. The van der Waals surface area contributed by atoms with Gasteiger partial charge in [-0.3, -0.25) is 4.79 Å². The predicted octanol–water partition coefficient (Wildman–Crippen LogP) is 0.551. The van der Waals surface area contributed by atoms with Gasteiger partial charge in [0.2, 0.25) is 0 Å². The minimum atomic E-state index is -2.17. The average molecular weight is 274 g/mol. The summed E-state index contributed by atoms with van der Waals surface area (Å²) in [6.07, 6.45) is -1.08. The zero-order chi connectivity index (χ0) is 15.0. The molecule has 0 bridgehead atoms. The number of carbonyl (C=O) groups excluding carboxylic acids is 1. The van der Waals surface area contributed by atoms with E-state index in [2.05, 4.69) is 0 Å². The zero-order valence-electron chi connectivity index (χ0n) is 10.6. The van der Waals surface area contributed by atoms with Crippen LogP contribution in [-0.2, 0) is 0 Å². The molecule has 0 heterocycles. The van der Waals surface area contributed by atoms with Gasteiger partial charge in [-0.15, -0.1) is 0 Å². The van der Waals surface area contributed by atoms with Crippen LogP contribution < -0.4 is 0 Å². The maximum Gasteiger partial charge on any atom is 0.631 e. The molecule has 0 aliphatic heterocycles. The molecule has 0 amide bonds. The van der Waals surface area contributed by atoms with Gasteiger partial charge in [-0.05, 0) is 5.56 Å². The lowest BCUT2D eigenvalue weighted by molar-refractivity contribution is 0.0747. The summed E-state index contributed by atoms with van der Waals surface area (Å²) in [5, 5.41) is 31.4. The van der Waals surface area contributed by atoms with Crippen molar-refractivity contribution in [3.63, 3.8) is 0 Å². The van der Waals surface area contributed by atoms with Crippen molar-refractivity contribution in [1.29, 1.82) is 0 Å². The van der Waals surface area contributed by atoms with Crippen molar-refractivity contribution in [2.24, 2.45) is 0 Å². The highest BCUT2D eigenvalue weighted by atomic mass is 16.5. The van der Waals surface area contributed by atoms with Crippen LogP contribution in [0.25, 0.3) is 0 Å². The molecular formula is C14H15BO5. The third kappa shape index (κ3) is 5.33. The van der Waals surface area contributed by atoms with Crippen molar-refractivity contribution in [2.45, 2.75) is 6.10 Å². The summed E-state index contributed by atoms with van der Waals surface area (Å²) in [6, 6.07) is 17.7. The summed E-state index contributed by atoms with van der Waals surface area (Å²) in [5.74, 6) is -0.271. The van der Waals surface area contributed by atoms with Crippen LogP contribution in [0, 0.1) is 0 Å². The topological polar surface area (TPSA) is 98.0 Å². The van der Waals surface area contributed by atoms with Gasteiger partial charge in [-0.1, -0.05) is 60.7 Å². The van der Waals surface area contributed by atoms with Gasteiger partial charge in [-0.25, -0.2) is 0 Å². The Morgan fingerprint density at radius 3 is 1.70 bits per heavy atom. The summed E-state index contributed by atoms with van der Waals surface area (Å²) >= 11 is 0. The quantitative estimate of drug-likeness (QED) is 0.484. The van der Waals surface area contributed by atoms with Gasteiger partial charge >= 0.3 is 7.32 Å². The van der Waals surface area contributed by atoms with Crippen LogP contribution >= 0.6 is 0 Å². The second kappa shape index (κ2) is 8.24. The van der Waals surface area contributed by atoms with Crippen molar-refractivity contribution >= 4 is 13.1 Å². The maximum atomic E-state index is 11.9. The van der Waals surface area contributed by atoms with Crippen molar-refractivity contribution < 1.29 is 25.0 Å². The van der Waals surface area contributed by atoms with E-state index in [9.17, 15) is 9.90 Å². The third-order valence-electron chi connectivity index (χ3n) is 2.42. The molecule has 5 nitrogen and oxygen atoms in total. The summed E-state index contributed by atoms with van der Waals surface area (Å²) < 4.78 is 0. The van der Waals surface area contributed by atoms with Crippen LogP contribution in [0.3, 0.4) is 0 Å². The highest BCUT2D eigenvalue weighted by Gasteiger charge is 2.18. The normalized spacial score (nSPS) is 11.0. The molecule has 4 N–H and O–H groups in total. The lowest BCUT2D eigenvalue weighted by Crippen LogP contribution is -2.11. The van der Waals surface area contributed by atoms with Crippen LogP contribution in [-0.4, -0.2) is 33.3 Å². The van der Waals surface area contributed by atoms with Gasteiger partial charge in [0.15, 0.2) is 5.78 Å². The summed E-state index contributed by atoms with van der Waals surface area (Å²) in [4.78, 5) is 11.9. The highest BCUT2D eigenvalue weighted by molar-refractivity contribution is 6.30. The van der Waals surface area contributed by atoms with E-state index in [-0.39, 0.29) is 5.78 Å². The molecule has 1 unspecified atom stereocenters. The number of aliphatic hydroxyl groups excluding tert-OH is 1. The van der Waals surface area contributed by atoms with E-state index in [1.807, 2.05) is 12.1 Å². The number of hydrogen-bond donors (Lipinski definition) is 4. The van der Waals surface area contributed by atoms with Crippen LogP contribution in [0.1, 0.15) is 22.0 Å². The summed E-state index contributed by atoms with van der Waals surface area (Å²) in [5.41, 5.74) is 1.15. The van der Waals surface area contributed by atoms with E-state index in [0.29, 0.717) is 11.1 Å². The van der Waals surface area contributed by atoms with Crippen molar-refractivity contribution in [2.75, 3.05) is 0 Å². The fourth-order valence-electron chi connectivity index (χ4n) is 1.55. The van der Waals surface area contributed by atoms with Gasteiger partial charge in [0.25, 0.3) is 0 Å². The molecule has 0 aliphatic rings. The molecule has 0 aromatic heterocycles. The standard InChI is InChI=1S/C14H12O2.BH3O3/c15-13(11-7-3-1-4-8-11)14(16)12-9-5-2-6-10-12;2-1(3)4/h1-10,13,15H;2-4H. The third-order valence-corrected chi connectivity index (χ3v) is 2.42. The number of ketones is 1. The first kappa shape index (κ1) is 16.1. The Kier molecular flexibility index (Phi) is 6.62.